The van der Waals surface area contributed by atoms with Crippen LogP contribution in [0.5, 0.6) is 0 Å². The van der Waals surface area contributed by atoms with Crippen LogP contribution in [0, 0.1) is 5.82 Å². The summed E-state index contributed by atoms with van der Waals surface area (Å²) < 4.78 is 20.8. The third-order valence-electron chi connectivity index (χ3n) is 6.64. The fourth-order valence-corrected chi connectivity index (χ4v) is 4.67. The molecule has 3 heterocycles. The van der Waals surface area contributed by atoms with Crippen molar-refractivity contribution in [3.05, 3.63) is 111 Å². The number of fused-ring (bicyclic) bond motifs is 1. The van der Waals surface area contributed by atoms with Crippen molar-refractivity contribution in [1.82, 2.24) is 30.1 Å². The minimum atomic E-state index is -0.289. The fraction of sp³-hybridized carbons (Fsp3) is 0.286. The maximum atomic E-state index is 13.4. The first-order chi connectivity index (χ1) is 18.0. The van der Waals surface area contributed by atoms with E-state index in [9.17, 15) is 9.18 Å². The number of aromatic nitrogens is 5. The third-order valence-corrected chi connectivity index (χ3v) is 6.64. The molecule has 0 unspecified atom stereocenters. The van der Waals surface area contributed by atoms with Crippen molar-refractivity contribution in [1.29, 1.82) is 0 Å². The summed E-state index contributed by atoms with van der Waals surface area (Å²) in [6.45, 7) is 5.44. The summed E-state index contributed by atoms with van der Waals surface area (Å²) in [5, 5.41) is 13.5. The van der Waals surface area contributed by atoms with Crippen LogP contribution in [0.4, 0.5) is 4.39 Å². The van der Waals surface area contributed by atoms with Crippen LogP contribution in [-0.4, -0.2) is 30.1 Å². The van der Waals surface area contributed by atoms with Gasteiger partial charge in [-0.05, 0) is 82.2 Å². The number of halogens is 1. The number of furan rings is 1. The second-order valence-corrected chi connectivity index (χ2v) is 9.13. The molecule has 0 amide bonds. The summed E-state index contributed by atoms with van der Waals surface area (Å²) in [6.07, 6.45) is 3.27. The quantitative estimate of drug-likeness (QED) is 0.290. The first-order valence-electron chi connectivity index (χ1n) is 12.5. The Morgan fingerprint density at radius 3 is 2.59 bits per heavy atom. The molecule has 0 bridgehead atoms. The van der Waals surface area contributed by atoms with Gasteiger partial charge in [0.05, 0.1) is 25.4 Å². The van der Waals surface area contributed by atoms with E-state index >= 15 is 0 Å². The van der Waals surface area contributed by atoms with E-state index in [1.165, 1.54) is 17.7 Å². The molecular formula is C28H29FN6O2. The molecular weight excluding hydrogens is 471 g/mol. The van der Waals surface area contributed by atoms with Gasteiger partial charge in [0.15, 0.2) is 5.82 Å². The third kappa shape index (κ3) is 5.51. The molecule has 0 saturated carbocycles. The van der Waals surface area contributed by atoms with Gasteiger partial charge in [-0.2, -0.15) is 0 Å². The number of aryl methyl sites for hydroxylation is 1. The van der Waals surface area contributed by atoms with Gasteiger partial charge in [0.25, 0.3) is 5.56 Å². The van der Waals surface area contributed by atoms with Crippen LogP contribution in [0.1, 0.15) is 54.6 Å². The molecule has 190 valence electrons. The molecule has 5 aromatic rings. The average molecular weight is 501 g/mol. The number of hydrogen-bond donors (Lipinski definition) is 1. The Labute approximate surface area is 213 Å². The van der Waals surface area contributed by atoms with Gasteiger partial charge in [-0.1, -0.05) is 32.0 Å². The van der Waals surface area contributed by atoms with E-state index in [-0.39, 0.29) is 17.4 Å². The molecule has 0 spiro atoms. The van der Waals surface area contributed by atoms with Gasteiger partial charge >= 0.3 is 0 Å². The topological polar surface area (TPSA) is 92.8 Å². The van der Waals surface area contributed by atoms with E-state index < -0.39 is 0 Å². The van der Waals surface area contributed by atoms with Crippen molar-refractivity contribution in [2.75, 3.05) is 0 Å². The molecule has 0 saturated heterocycles. The van der Waals surface area contributed by atoms with E-state index in [1.54, 1.807) is 23.1 Å². The molecule has 3 aromatic heterocycles. The Morgan fingerprint density at radius 1 is 1.05 bits per heavy atom. The maximum Gasteiger partial charge on any atom is 0.252 e. The Bertz CT molecular complexity index is 1520. The van der Waals surface area contributed by atoms with Crippen LogP contribution < -0.4 is 5.56 Å². The van der Waals surface area contributed by atoms with Crippen LogP contribution in [0.2, 0.25) is 0 Å². The standard InChI is InChI=1S/C28H29FN6O2/c1-3-19-9-12-25-21(14-19)15-22(28(36)30-25)17-34(18-24-6-5-13-37-24)26(4-2)27-31-32-33-35(27)16-20-7-10-23(29)11-8-20/h5-15,26H,3-4,16-18H2,1-2H3,(H,30,36)/t26-/m1/s1. The van der Waals surface area contributed by atoms with Crippen molar-refractivity contribution < 1.29 is 8.81 Å². The van der Waals surface area contributed by atoms with Crippen molar-refractivity contribution in [2.45, 2.75) is 52.4 Å². The molecule has 0 fully saturated rings. The Morgan fingerprint density at radius 2 is 1.86 bits per heavy atom. The summed E-state index contributed by atoms with van der Waals surface area (Å²) >= 11 is 0. The lowest BCUT2D eigenvalue weighted by molar-refractivity contribution is 0.149. The van der Waals surface area contributed by atoms with Gasteiger partial charge < -0.3 is 9.40 Å². The van der Waals surface area contributed by atoms with E-state index in [2.05, 4.69) is 45.3 Å². The van der Waals surface area contributed by atoms with Crippen LogP contribution >= 0.6 is 0 Å². The molecule has 5 rings (SSSR count). The van der Waals surface area contributed by atoms with Gasteiger partial charge in [0.2, 0.25) is 0 Å². The molecule has 0 aliphatic carbocycles. The molecule has 1 atom stereocenters. The number of aromatic amines is 1. The number of nitrogens with one attached hydrogen (secondary N) is 1. The van der Waals surface area contributed by atoms with E-state index in [4.69, 9.17) is 4.42 Å². The Balaban J connectivity index is 1.50. The normalized spacial score (nSPS) is 12.4. The minimum absolute atomic E-state index is 0.123. The summed E-state index contributed by atoms with van der Waals surface area (Å²) in [4.78, 5) is 18.3. The van der Waals surface area contributed by atoms with Crippen molar-refractivity contribution in [2.24, 2.45) is 0 Å². The Kier molecular flexibility index (Phi) is 7.23. The highest BCUT2D eigenvalue weighted by Gasteiger charge is 2.27. The number of pyridine rings is 1. The Hall–Kier alpha value is -4.11. The zero-order valence-electron chi connectivity index (χ0n) is 20.9. The molecule has 0 aliphatic heterocycles. The first-order valence-corrected chi connectivity index (χ1v) is 12.5. The number of hydrogen-bond acceptors (Lipinski definition) is 6. The lowest BCUT2D eigenvalue weighted by atomic mass is 10.1. The lowest BCUT2D eigenvalue weighted by Gasteiger charge is -2.29. The molecule has 9 heteroatoms. The van der Waals surface area contributed by atoms with Gasteiger partial charge in [-0.15, -0.1) is 5.10 Å². The highest BCUT2D eigenvalue weighted by atomic mass is 19.1. The van der Waals surface area contributed by atoms with Gasteiger partial charge in [0.1, 0.15) is 11.6 Å². The second-order valence-electron chi connectivity index (χ2n) is 9.13. The fourth-order valence-electron chi connectivity index (χ4n) is 4.67. The largest absolute Gasteiger partial charge is 0.468 e. The molecule has 0 aliphatic rings. The van der Waals surface area contributed by atoms with Crippen molar-refractivity contribution in [3.63, 3.8) is 0 Å². The molecule has 8 nitrogen and oxygen atoms in total. The number of H-pyrrole nitrogens is 1. The summed E-state index contributed by atoms with van der Waals surface area (Å²) in [7, 11) is 0. The first kappa shape index (κ1) is 24.6. The zero-order valence-corrected chi connectivity index (χ0v) is 20.9. The van der Waals surface area contributed by atoms with Crippen LogP contribution in [0.15, 0.2) is 76.1 Å². The number of nitrogens with zero attached hydrogens (tertiary/aromatic N) is 5. The van der Waals surface area contributed by atoms with Crippen molar-refractivity contribution >= 4 is 10.9 Å². The highest BCUT2D eigenvalue weighted by Crippen LogP contribution is 2.27. The maximum absolute atomic E-state index is 13.4. The SMILES string of the molecule is CCc1ccc2[nH]c(=O)c(CN(Cc3ccco3)[C@H](CC)c3nnnn3Cc3ccc(F)cc3)cc2c1. The average Bonchev–Trinajstić information content (AvgIpc) is 3.58. The van der Waals surface area contributed by atoms with Gasteiger partial charge in [-0.3, -0.25) is 9.69 Å². The lowest BCUT2D eigenvalue weighted by Crippen LogP contribution is -2.32. The summed E-state index contributed by atoms with van der Waals surface area (Å²) in [5.41, 5.74) is 3.45. The predicted molar refractivity (Wildman–Crippen MR) is 138 cm³/mol. The van der Waals surface area contributed by atoms with Gasteiger partial charge in [0, 0.05) is 17.6 Å². The number of rotatable bonds is 10. The highest BCUT2D eigenvalue weighted by molar-refractivity contribution is 5.79. The smallest absolute Gasteiger partial charge is 0.252 e. The number of benzene rings is 2. The predicted octanol–water partition coefficient (Wildman–Crippen LogP) is 5.01. The monoisotopic (exact) mass is 500 g/mol. The summed E-state index contributed by atoms with van der Waals surface area (Å²) in [6, 6.07) is 17.9. The molecule has 1 N–H and O–H groups in total. The molecule has 0 radical (unpaired) electrons. The second kappa shape index (κ2) is 10.9. The van der Waals surface area contributed by atoms with Crippen LogP contribution in [0.3, 0.4) is 0 Å². The molecule has 2 aromatic carbocycles. The van der Waals surface area contributed by atoms with Crippen molar-refractivity contribution in [3.8, 4) is 0 Å². The van der Waals surface area contributed by atoms with E-state index in [0.717, 1.165) is 28.6 Å². The van der Waals surface area contributed by atoms with Gasteiger partial charge in [-0.25, -0.2) is 9.07 Å². The zero-order chi connectivity index (χ0) is 25.8. The van der Waals surface area contributed by atoms with E-state index in [1.807, 2.05) is 30.3 Å². The minimum Gasteiger partial charge on any atom is -0.468 e. The van der Waals surface area contributed by atoms with Crippen LogP contribution in [-0.2, 0) is 26.1 Å². The summed E-state index contributed by atoms with van der Waals surface area (Å²) in [5.74, 6) is 1.16. The molecule has 37 heavy (non-hydrogen) atoms. The number of tetrazole rings is 1. The van der Waals surface area contributed by atoms with Crippen LogP contribution in [0.25, 0.3) is 10.9 Å². The van der Waals surface area contributed by atoms with E-state index in [0.29, 0.717) is 37.4 Å².